The first-order valence-corrected chi connectivity index (χ1v) is 8.64. The molecule has 0 aliphatic heterocycles. The molecule has 25 heavy (non-hydrogen) atoms. The summed E-state index contributed by atoms with van der Waals surface area (Å²) < 4.78 is 9.65. The Balaban J connectivity index is 1.89. The van der Waals surface area contributed by atoms with E-state index in [1.54, 1.807) is 13.3 Å². The van der Waals surface area contributed by atoms with Crippen LogP contribution in [0.5, 0.6) is 5.75 Å². The number of hydrogen-bond donors (Lipinski definition) is 0. The SMILES string of the molecule is COc1cccc(Cn2ncc3c4cc(Br)ccc4n(C)c3c2=O)c1. The highest BCUT2D eigenvalue weighted by molar-refractivity contribution is 9.10. The molecule has 0 radical (unpaired) electrons. The van der Waals surface area contributed by atoms with Crippen LogP contribution in [-0.4, -0.2) is 21.5 Å². The summed E-state index contributed by atoms with van der Waals surface area (Å²) in [6, 6.07) is 13.7. The molecule has 4 aromatic rings. The number of halogens is 1. The fourth-order valence-corrected chi connectivity index (χ4v) is 3.55. The number of aryl methyl sites for hydroxylation is 1. The van der Waals surface area contributed by atoms with Gasteiger partial charge in [-0.2, -0.15) is 5.10 Å². The minimum absolute atomic E-state index is 0.102. The fourth-order valence-electron chi connectivity index (χ4n) is 3.19. The fraction of sp³-hybridized carbons (Fsp3) is 0.158. The van der Waals surface area contributed by atoms with Crippen molar-refractivity contribution in [3.05, 3.63) is 69.1 Å². The highest BCUT2D eigenvalue weighted by atomic mass is 79.9. The molecule has 0 atom stereocenters. The lowest BCUT2D eigenvalue weighted by molar-refractivity contribution is 0.414. The first-order chi connectivity index (χ1) is 12.1. The molecule has 0 amide bonds. The Kier molecular flexibility index (Phi) is 3.84. The molecule has 0 N–H and O–H groups in total. The summed E-state index contributed by atoms with van der Waals surface area (Å²) in [5.41, 5.74) is 2.53. The summed E-state index contributed by atoms with van der Waals surface area (Å²) in [6.07, 6.45) is 1.77. The second-order valence-electron chi connectivity index (χ2n) is 5.94. The van der Waals surface area contributed by atoms with E-state index >= 15 is 0 Å². The maximum absolute atomic E-state index is 13.0. The van der Waals surface area contributed by atoms with E-state index in [9.17, 15) is 4.79 Å². The van der Waals surface area contributed by atoms with Crippen molar-refractivity contribution in [1.29, 1.82) is 0 Å². The van der Waals surface area contributed by atoms with Gasteiger partial charge in [-0.1, -0.05) is 28.1 Å². The van der Waals surface area contributed by atoms with Gasteiger partial charge in [0.15, 0.2) is 0 Å². The average molecular weight is 398 g/mol. The Morgan fingerprint density at radius 2 is 2.00 bits per heavy atom. The molecule has 0 aliphatic carbocycles. The van der Waals surface area contributed by atoms with Crippen LogP contribution in [0.4, 0.5) is 0 Å². The summed E-state index contributed by atoms with van der Waals surface area (Å²) >= 11 is 3.49. The summed E-state index contributed by atoms with van der Waals surface area (Å²) in [6.45, 7) is 0.400. The molecule has 2 heterocycles. The lowest BCUT2D eigenvalue weighted by Gasteiger charge is -2.07. The minimum Gasteiger partial charge on any atom is -0.497 e. The van der Waals surface area contributed by atoms with E-state index in [0.29, 0.717) is 12.1 Å². The summed E-state index contributed by atoms with van der Waals surface area (Å²) in [5.74, 6) is 0.765. The Hall–Kier alpha value is -2.60. The van der Waals surface area contributed by atoms with Crippen molar-refractivity contribution in [2.24, 2.45) is 7.05 Å². The largest absolute Gasteiger partial charge is 0.497 e. The molecule has 5 nitrogen and oxygen atoms in total. The standard InChI is InChI=1S/C19H16BrN3O2/c1-22-17-7-6-13(20)9-15(17)16-10-21-23(19(24)18(16)22)11-12-4-3-5-14(8-12)25-2/h3-10H,11H2,1-2H3. The molecule has 2 aromatic heterocycles. The molecule has 6 heteroatoms. The monoisotopic (exact) mass is 397 g/mol. The van der Waals surface area contributed by atoms with Crippen LogP contribution in [0.15, 0.2) is 57.9 Å². The van der Waals surface area contributed by atoms with Gasteiger partial charge in [0, 0.05) is 27.8 Å². The zero-order chi connectivity index (χ0) is 17.6. The number of benzene rings is 2. The van der Waals surface area contributed by atoms with E-state index in [4.69, 9.17) is 4.74 Å². The van der Waals surface area contributed by atoms with Crippen molar-refractivity contribution in [3.63, 3.8) is 0 Å². The van der Waals surface area contributed by atoms with Gasteiger partial charge in [-0.15, -0.1) is 0 Å². The summed E-state index contributed by atoms with van der Waals surface area (Å²) in [7, 11) is 3.54. The summed E-state index contributed by atoms with van der Waals surface area (Å²) in [5, 5.41) is 6.27. The Bertz CT molecular complexity index is 1160. The van der Waals surface area contributed by atoms with Crippen molar-refractivity contribution < 1.29 is 4.74 Å². The highest BCUT2D eigenvalue weighted by Crippen LogP contribution is 2.28. The first kappa shape index (κ1) is 15.9. The number of rotatable bonds is 3. The third-order valence-electron chi connectivity index (χ3n) is 4.43. The van der Waals surface area contributed by atoms with Crippen LogP contribution in [0.2, 0.25) is 0 Å². The number of methoxy groups -OCH3 is 1. The van der Waals surface area contributed by atoms with E-state index in [1.807, 2.05) is 54.1 Å². The highest BCUT2D eigenvalue weighted by Gasteiger charge is 2.14. The molecular formula is C19H16BrN3O2. The molecule has 0 saturated heterocycles. The summed E-state index contributed by atoms with van der Waals surface area (Å²) in [4.78, 5) is 13.0. The second-order valence-corrected chi connectivity index (χ2v) is 6.86. The van der Waals surface area contributed by atoms with E-state index in [-0.39, 0.29) is 5.56 Å². The number of hydrogen-bond acceptors (Lipinski definition) is 3. The van der Waals surface area contributed by atoms with Gasteiger partial charge in [0.2, 0.25) is 0 Å². The second kappa shape index (κ2) is 6.04. The molecule has 0 saturated carbocycles. The number of aromatic nitrogens is 3. The normalized spacial score (nSPS) is 11.3. The van der Waals surface area contributed by atoms with E-state index < -0.39 is 0 Å². The number of nitrogens with zero attached hydrogens (tertiary/aromatic N) is 3. The molecule has 4 rings (SSSR count). The Labute approximate surface area is 152 Å². The van der Waals surface area contributed by atoms with Crippen LogP contribution < -0.4 is 10.3 Å². The first-order valence-electron chi connectivity index (χ1n) is 7.85. The van der Waals surface area contributed by atoms with Gasteiger partial charge in [-0.25, -0.2) is 4.68 Å². The van der Waals surface area contributed by atoms with Crippen molar-refractivity contribution >= 4 is 37.7 Å². The van der Waals surface area contributed by atoms with Gasteiger partial charge in [0.1, 0.15) is 11.3 Å². The zero-order valence-electron chi connectivity index (χ0n) is 13.9. The van der Waals surface area contributed by atoms with Crippen LogP contribution >= 0.6 is 15.9 Å². The topological polar surface area (TPSA) is 49.0 Å². The molecule has 126 valence electrons. The predicted molar refractivity (Wildman–Crippen MR) is 102 cm³/mol. The van der Waals surface area contributed by atoms with Crippen LogP contribution in [0.25, 0.3) is 21.8 Å². The molecule has 0 spiro atoms. The van der Waals surface area contributed by atoms with Gasteiger partial charge >= 0.3 is 0 Å². The smallest absolute Gasteiger partial charge is 0.291 e. The quantitative estimate of drug-likeness (QED) is 0.529. The lowest BCUT2D eigenvalue weighted by Crippen LogP contribution is -2.24. The maximum Gasteiger partial charge on any atom is 0.291 e. The molecule has 2 aromatic carbocycles. The van der Waals surface area contributed by atoms with Gasteiger partial charge in [0.05, 0.1) is 19.9 Å². The van der Waals surface area contributed by atoms with E-state index in [1.165, 1.54) is 4.68 Å². The van der Waals surface area contributed by atoms with Gasteiger partial charge < -0.3 is 9.30 Å². The Morgan fingerprint density at radius 1 is 1.16 bits per heavy atom. The minimum atomic E-state index is -0.102. The van der Waals surface area contributed by atoms with Crippen LogP contribution in [0, 0.1) is 0 Å². The molecule has 0 aliphatic rings. The predicted octanol–water partition coefficient (Wildman–Crippen LogP) is 3.71. The number of fused-ring (bicyclic) bond motifs is 3. The lowest BCUT2D eigenvalue weighted by atomic mass is 10.2. The maximum atomic E-state index is 13.0. The zero-order valence-corrected chi connectivity index (χ0v) is 15.4. The van der Waals surface area contributed by atoms with Crippen molar-refractivity contribution in [2.75, 3.05) is 7.11 Å². The molecular weight excluding hydrogens is 382 g/mol. The van der Waals surface area contributed by atoms with E-state index in [0.717, 1.165) is 32.1 Å². The third-order valence-corrected chi connectivity index (χ3v) is 4.92. The van der Waals surface area contributed by atoms with Gasteiger partial charge in [-0.05, 0) is 35.9 Å². The van der Waals surface area contributed by atoms with Crippen molar-refractivity contribution in [1.82, 2.24) is 14.3 Å². The van der Waals surface area contributed by atoms with Crippen LogP contribution in [-0.2, 0) is 13.6 Å². The van der Waals surface area contributed by atoms with Crippen LogP contribution in [0.3, 0.4) is 0 Å². The average Bonchev–Trinajstić information content (AvgIpc) is 2.90. The molecule has 0 unspecified atom stereocenters. The van der Waals surface area contributed by atoms with Crippen LogP contribution in [0.1, 0.15) is 5.56 Å². The third kappa shape index (κ3) is 2.62. The van der Waals surface area contributed by atoms with Crippen molar-refractivity contribution in [3.8, 4) is 5.75 Å². The van der Waals surface area contributed by atoms with Crippen molar-refractivity contribution in [2.45, 2.75) is 6.54 Å². The molecule has 0 fully saturated rings. The molecule has 0 bridgehead atoms. The van der Waals surface area contributed by atoms with Gasteiger partial charge in [-0.3, -0.25) is 4.79 Å². The van der Waals surface area contributed by atoms with E-state index in [2.05, 4.69) is 21.0 Å². The van der Waals surface area contributed by atoms with Gasteiger partial charge in [0.25, 0.3) is 5.56 Å². The number of ether oxygens (including phenoxy) is 1. The Morgan fingerprint density at radius 3 is 2.80 bits per heavy atom.